The first-order valence-electron chi connectivity index (χ1n) is 6.62. The van der Waals surface area contributed by atoms with Crippen molar-refractivity contribution in [3.8, 4) is 0 Å². The summed E-state index contributed by atoms with van der Waals surface area (Å²) in [6.07, 6.45) is 1.90. The smallest absolute Gasteiger partial charge is 0.360 e. The Morgan fingerprint density at radius 2 is 2.11 bits per heavy atom. The summed E-state index contributed by atoms with van der Waals surface area (Å²) in [5, 5.41) is 7.89. The number of aromatic nitrogens is 3. The van der Waals surface area contributed by atoms with Crippen molar-refractivity contribution in [1.29, 1.82) is 0 Å². The summed E-state index contributed by atoms with van der Waals surface area (Å²) < 4.78 is 11.9. The quantitative estimate of drug-likeness (QED) is 0.532. The minimum atomic E-state index is -0.394. The van der Waals surface area contributed by atoms with Crippen molar-refractivity contribution in [2.75, 3.05) is 20.3 Å². The van der Waals surface area contributed by atoms with Gasteiger partial charge in [0.1, 0.15) is 0 Å². The zero-order valence-electron chi connectivity index (χ0n) is 12.2. The van der Waals surface area contributed by atoms with Gasteiger partial charge >= 0.3 is 5.97 Å². The highest BCUT2D eigenvalue weighted by Gasteiger charge is 2.17. The lowest BCUT2D eigenvalue weighted by Crippen LogP contribution is -2.12. The molecule has 0 radical (unpaired) electrons. The number of esters is 1. The molecule has 1 aromatic rings. The summed E-state index contributed by atoms with van der Waals surface area (Å²) in [7, 11) is 1.68. The third kappa shape index (κ3) is 4.98. The molecule has 1 heterocycles. The second kappa shape index (κ2) is 7.89. The molecule has 0 spiro atoms. The number of carbonyl (C=O) groups excluding carboxylic acids is 1. The first kappa shape index (κ1) is 15.6. The van der Waals surface area contributed by atoms with Gasteiger partial charge in [0.05, 0.1) is 12.3 Å². The molecule has 1 aromatic heterocycles. The Morgan fingerprint density at radius 3 is 2.74 bits per heavy atom. The minimum absolute atomic E-state index is 0.312. The van der Waals surface area contributed by atoms with Gasteiger partial charge in [0, 0.05) is 20.3 Å². The van der Waals surface area contributed by atoms with Crippen LogP contribution >= 0.6 is 0 Å². The third-order valence-electron chi connectivity index (χ3n) is 2.69. The maximum absolute atomic E-state index is 11.8. The molecule has 0 aromatic carbocycles. The number of methoxy groups -OCH3 is 1. The lowest BCUT2D eigenvalue weighted by molar-refractivity contribution is 0.0451. The number of ether oxygens (including phenoxy) is 2. The van der Waals surface area contributed by atoms with Crippen molar-refractivity contribution in [3.63, 3.8) is 0 Å². The molecule has 0 amide bonds. The van der Waals surface area contributed by atoms with Gasteiger partial charge in [-0.3, -0.25) is 0 Å². The Hall–Kier alpha value is -1.43. The van der Waals surface area contributed by atoms with E-state index in [4.69, 9.17) is 9.47 Å². The van der Waals surface area contributed by atoms with Crippen molar-refractivity contribution in [2.45, 2.75) is 40.2 Å². The highest BCUT2D eigenvalue weighted by molar-refractivity contribution is 5.88. The van der Waals surface area contributed by atoms with Crippen molar-refractivity contribution >= 4 is 5.97 Å². The van der Waals surface area contributed by atoms with Crippen molar-refractivity contribution < 1.29 is 14.3 Å². The van der Waals surface area contributed by atoms with Gasteiger partial charge < -0.3 is 9.47 Å². The SMILES string of the molecule is COCCCCn1nnc(C(=O)OCC(C)C)c1C. The zero-order valence-corrected chi connectivity index (χ0v) is 12.2. The molecule has 0 saturated heterocycles. The van der Waals surface area contributed by atoms with E-state index in [1.165, 1.54) is 0 Å². The molecule has 0 aliphatic rings. The van der Waals surface area contributed by atoms with E-state index in [-0.39, 0.29) is 0 Å². The van der Waals surface area contributed by atoms with Gasteiger partial charge in [0.25, 0.3) is 0 Å². The molecule has 19 heavy (non-hydrogen) atoms. The predicted octanol–water partition coefficient (Wildman–Crippen LogP) is 1.83. The van der Waals surface area contributed by atoms with Crippen LogP contribution < -0.4 is 0 Å². The molecule has 6 heteroatoms. The van der Waals surface area contributed by atoms with Crippen molar-refractivity contribution in [1.82, 2.24) is 15.0 Å². The standard InChI is InChI=1S/C13H23N3O3/c1-10(2)9-19-13(17)12-11(3)16(15-14-12)7-5-6-8-18-4/h10H,5-9H2,1-4H3. The van der Waals surface area contributed by atoms with Gasteiger partial charge in [0.2, 0.25) is 0 Å². The van der Waals surface area contributed by atoms with Gasteiger partial charge in [-0.25, -0.2) is 9.48 Å². The fourth-order valence-corrected chi connectivity index (χ4v) is 1.58. The molecular weight excluding hydrogens is 246 g/mol. The molecule has 0 saturated carbocycles. The van der Waals surface area contributed by atoms with Gasteiger partial charge in [-0.1, -0.05) is 19.1 Å². The molecule has 0 atom stereocenters. The largest absolute Gasteiger partial charge is 0.461 e. The summed E-state index contributed by atoms with van der Waals surface area (Å²) in [6.45, 7) is 7.69. The van der Waals surface area contributed by atoms with Crippen LogP contribution in [0, 0.1) is 12.8 Å². The van der Waals surface area contributed by atoms with Crippen LogP contribution in [0.5, 0.6) is 0 Å². The molecule has 0 aliphatic heterocycles. The van der Waals surface area contributed by atoms with Crippen LogP contribution in [0.3, 0.4) is 0 Å². The first-order valence-corrected chi connectivity index (χ1v) is 6.62. The molecule has 0 unspecified atom stereocenters. The minimum Gasteiger partial charge on any atom is -0.461 e. The van der Waals surface area contributed by atoms with Crippen molar-refractivity contribution in [3.05, 3.63) is 11.4 Å². The Kier molecular flexibility index (Phi) is 6.49. The predicted molar refractivity (Wildman–Crippen MR) is 71.0 cm³/mol. The zero-order chi connectivity index (χ0) is 14.3. The summed E-state index contributed by atoms with van der Waals surface area (Å²) in [4.78, 5) is 11.8. The maximum atomic E-state index is 11.8. The molecule has 1 rings (SSSR count). The van der Waals surface area contributed by atoms with E-state index in [1.807, 2.05) is 20.8 Å². The number of nitrogens with zero attached hydrogens (tertiary/aromatic N) is 3. The summed E-state index contributed by atoms with van der Waals surface area (Å²) in [5.41, 5.74) is 1.07. The van der Waals surface area contributed by atoms with Gasteiger partial charge in [-0.05, 0) is 25.7 Å². The van der Waals surface area contributed by atoms with E-state index in [0.29, 0.717) is 18.2 Å². The monoisotopic (exact) mass is 269 g/mol. The first-order chi connectivity index (χ1) is 9.06. The van der Waals surface area contributed by atoms with Crippen LogP contribution in [0.4, 0.5) is 0 Å². The number of unbranched alkanes of at least 4 members (excludes halogenated alkanes) is 1. The number of aryl methyl sites for hydroxylation is 1. The molecule has 0 bridgehead atoms. The Labute approximate surface area is 114 Å². The number of rotatable bonds is 8. The third-order valence-corrected chi connectivity index (χ3v) is 2.69. The molecule has 0 N–H and O–H groups in total. The van der Waals surface area contributed by atoms with E-state index in [9.17, 15) is 4.79 Å². The van der Waals surface area contributed by atoms with E-state index in [0.717, 1.165) is 31.7 Å². The topological polar surface area (TPSA) is 66.2 Å². The normalized spacial score (nSPS) is 11.0. The second-order valence-corrected chi connectivity index (χ2v) is 4.94. The van der Waals surface area contributed by atoms with Crippen LogP contribution in [0.1, 0.15) is 42.9 Å². The van der Waals surface area contributed by atoms with Crippen LogP contribution in [0.25, 0.3) is 0 Å². The van der Waals surface area contributed by atoms with E-state index in [1.54, 1.807) is 11.8 Å². The average molecular weight is 269 g/mol. The molecule has 0 aliphatic carbocycles. The molecule has 6 nitrogen and oxygen atoms in total. The van der Waals surface area contributed by atoms with Crippen molar-refractivity contribution in [2.24, 2.45) is 5.92 Å². The highest BCUT2D eigenvalue weighted by atomic mass is 16.5. The number of hydrogen-bond donors (Lipinski definition) is 0. The second-order valence-electron chi connectivity index (χ2n) is 4.94. The van der Waals surface area contributed by atoms with Crippen LogP contribution in [0.2, 0.25) is 0 Å². The summed E-state index contributed by atoms with van der Waals surface area (Å²) in [6, 6.07) is 0. The Balaban J connectivity index is 2.52. The molecule has 108 valence electrons. The number of carbonyl (C=O) groups is 1. The fourth-order valence-electron chi connectivity index (χ4n) is 1.58. The Morgan fingerprint density at radius 1 is 1.37 bits per heavy atom. The van der Waals surface area contributed by atoms with Gasteiger partial charge in [0.15, 0.2) is 5.69 Å². The van der Waals surface area contributed by atoms with E-state index in [2.05, 4.69) is 10.3 Å². The summed E-state index contributed by atoms with van der Waals surface area (Å²) in [5.74, 6) is -0.0808. The van der Waals surface area contributed by atoms with Crippen LogP contribution in [-0.2, 0) is 16.0 Å². The summed E-state index contributed by atoms with van der Waals surface area (Å²) >= 11 is 0. The molecular formula is C13H23N3O3. The van der Waals surface area contributed by atoms with Crippen LogP contribution in [0.15, 0.2) is 0 Å². The highest BCUT2D eigenvalue weighted by Crippen LogP contribution is 2.08. The van der Waals surface area contributed by atoms with E-state index >= 15 is 0 Å². The average Bonchev–Trinajstić information content (AvgIpc) is 2.73. The van der Waals surface area contributed by atoms with Crippen LogP contribution in [-0.4, -0.2) is 41.3 Å². The van der Waals surface area contributed by atoms with Gasteiger partial charge in [-0.2, -0.15) is 0 Å². The lowest BCUT2D eigenvalue weighted by Gasteiger charge is -2.06. The lowest BCUT2D eigenvalue weighted by atomic mass is 10.2. The number of hydrogen-bond acceptors (Lipinski definition) is 5. The Bertz CT molecular complexity index is 402. The fraction of sp³-hybridized carbons (Fsp3) is 0.769. The molecule has 0 fully saturated rings. The van der Waals surface area contributed by atoms with Gasteiger partial charge in [-0.15, -0.1) is 5.10 Å². The maximum Gasteiger partial charge on any atom is 0.360 e. The van der Waals surface area contributed by atoms with E-state index < -0.39 is 5.97 Å².